The molecule has 1 aliphatic rings. The fourth-order valence-electron chi connectivity index (χ4n) is 1.04. The van der Waals surface area contributed by atoms with Crippen molar-refractivity contribution in [3.8, 4) is 0 Å². The summed E-state index contributed by atoms with van der Waals surface area (Å²) in [6.45, 7) is 2.25. The zero-order chi connectivity index (χ0) is 8.32. The molecule has 1 N–H and O–H groups in total. The first kappa shape index (κ1) is 9.20. The Morgan fingerprint density at radius 3 is 3.09 bits per heavy atom. The van der Waals surface area contributed by atoms with Crippen LogP contribution in [0.2, 0.25) is 0 Å². The van der Waals surface area contributed by atoms with Crippen LogP contribution in [0.5, 0.6) is 0 Å². The number of hydrogen-bond acceptors (Lipinski definition) is 3. The highest BCUT2D eigenvalue weighted by atomic mass is 31.2. The molecule has 1 aliphatic heterocycles. The Labute approximate surface area is 66.1 Å². The van der Waals surface area contributed by atoms with Crippen molar-refractivity contribution < 1.29 is 18.5 Å². The maximum absolute atomic E-state index is 10.9. The number of phosphoric ester groups is 1. The maximum atomic E-state index is 10.9. The first-order valence-electron chi connectivity index (χ1n) is 3.80. The Bertz CT molecular complexity index is 170. The van der Waals surface area contributed by atoms with Crippen molar-refractivity contribution in [3.05, 3.63) is 0 Å². The van der Waals surface area contributed by atoms with Gasteiger partial charge in [-0.15, -0.1) is 0 Å². The van der Waals surface area contributed by atoms with Gasteiger partial charge in [-0.3, -0.25) is 9.05 Å². The summed E-state index contributed by atoms with van der Waals surface area (Å²) in [4.78, 5) is 8.97. The zero-order valence-corrected chi connectivity index (χ0v) is 7.42. The van der Waals surface area contributed by atoms with E-state index >= 15 is 0 Å². The minimum absolute atomic E-state index is 0.117. The van der Waals surface area contributed by atoms with Gasteiger partial charge in [0.15, 0.2) is 0 Å². The maximum Gasteiger partial charge on any atom is 0.472 e. The largest absolute Gasteiger partial charge is 0.472 e. The molecule has 0 saturated carbocycles. The highest BCUT2D eigenvalue weighted by Crippen LogP contribution is 2.47. The van der Waals surface area contributed by atoms with Gasteiger partial charge >= 0.3 is 7.82 Å². The second-order valence-electron chi connectivity index (χ2n) is 2.58. The van der Waals surface area contributed by atoms with E-state index in [9.17, 15) is 4.57 Å². The molecule has 2 unspecified atom stereocenters. The molecule has 0 aromatic heterocycles. The Kier molecular flexibility index (Phi) is 3.07. The third-order valence-electron chi connectivity index (χ3n) is 1.66. The molecule has 1 saturated heterocycles. The van der Waals surface area contributed by atoms with Gasteiger partial charge in [-0.25, -0.2) is 4.57 Å². The topological polar surface area (TPSA) is 55.8 Å². The van der Waals surface area contributed by atoms with Gasteiger partial charge in [0.2, 0.25) is 0 Å². The summed E-state index contributed by atoms with van der Waals surface area (Å²) in [7, 11) is -3.70. The SMILES string of the molecule is CCC1CCCOP(=O)(O)O1. The van der Waals surface area contributed by atoms with Crippen LogP contribution in [0.3, 0.4) is 0 Å². The smallest absolute Gasteiger partial charge is 0.302 e. The number of phosphoric acid groups is 1. The molecule has 5 heteroatoms. The second-order valence-corrected chi connectivity index (χ2v) is 3.99. The van der Waals surface area contributed by atoms with Crippen LogP contribution in [0.4, 0.5) is 0 Å². The predicted octanol–water partition coefficient (Wildman–Crippen LogP) is 1.69. The van der Waals surface area contributed by atoms with Gasteiger partial charge in [-0.2, -0.15) is 0 Å². The molecule has 0 bridgehead atoms. The van der Waals surface area contributed by atoms with Crippen LogP contribution < -0.4 is 0 Å². The molecular weight excluding hydrogens is 167 g/mol. The molecule has 0 amide bonds. The first-order valence-corrected chi connectivity index (χ1v) is 5.29. The molecule has 0 aromatic rings. The lowest BCUT2D eigenvalue weighted by Crippen LogP contribution is -2.07. The molecule has 4 nitrogen and oxygen atoms in total. The molecule has 11 heavy (non-hydrogen) atoms. The van der Waals surface area contributed by atoms with E-state index in [-0.39, 0.29) is 6.10 Å². The molecule has 1 rings (SSSR count). The van der Waals surface area contributed by atoms with E-state index in [4.69, 9.17) is 9.42 Å². The summed E-state index contributed by atoms with van der Waals surface area (Å²) in [5.41, 5.74) is 0. The first-order chi connectivity index (χ1) is 5.14. The minimum atomic E-state index is -3.70. The van der Waals surface area contributed by atoms with E-state index in [0.717, 1.165) is 19.3 Å². The third-order valence-corrected chi connectivity index (χ3v) is 2.74. The Balaban J connectivity index is 2.54. The molecule has 0 aromatic carbocycles. The third kappa shape index (κ3) is 2.91. The summed E-state index contributed by atoms with van der Waals surface area (Å²) < 4.78 is 20.4. The number of rotatable bonds is 1. The summed E-state index contributed by atoms with van der Waals surface area (Å²) in [5, 5.41) is 0. The van der Waals surface area contributed by atoms with Crippen LogP contribution in [-0.2, 0) is 13.6 Å². The van der Waals surface area contributed by atoms with Crippen molar-refractivity contribution in [3.63, 3.8) is 0 Å². The van der Waals surface area contributed by atoms with Crippen LogP contribution >= 0.6 is 7.82 Å². The molecule has 1 fully saturated rings. The van der Waals surface area contributed by atoms with Gasteiger partial charge in [-0.05, 0) is 19.3 Å². The highest BCUT2D eigenvalue weighted by molar-refractivity contribution is 7.47. The van der Waals surface area contributed by atoms with E-state index in [1.807, 2.05) is 6.92 Å². The fraction of sp³-hybridized carbons (Fsp3) is 1.00. The Hall–Kier alpha value is 0.110. The quantitative estimate of drug-likeness (QED) is 0.624. The van der Waals surface area contributed by atoms with Gasteiger partial charge in [0, 0.05) is 0 Å². The van der Waals surface area contributed by atoms with Crippen LogP contribution in [0.1, 0.15) is 26.2 Å². The van der Waals surface area contributed by atoms with E-state index in [0.29, 0.717) is 6.61 Å². The van der Waals surface area contributed by atoms with Crippen molar-refractivity contribution in [2.45, 2.75) is 32.3 Å². The molecule has 2 atom stereocenters. The van der Waals surface area contributed by atoms with Gasteiger partial charge in [0.05, 0.1) is 12.7 Å². The lowest BCUT2D eigenvalue weighted by Gasteiger charge is -2.13. The van der Waals surface area contributed by atoms with E-state index in [1.165, 1.54) is 0 Å². The fourth-order valence-corrected chi connectivity index (χ4v) is 2.09. The highest BCUT2D eigenvalue weighted by Gasteiger charge is 2.28. The average molecular weight is 180 g/mol. The van der Waals surface area contributed by atoms with E-state index < -0.39 is 7.82 Å². The summed E-state index contributed by atoms with van der Waals surface area (Å²) in [6, 6.07) is 0. The average Bonchev–Trinajstić information content (AvgIpc) is 2.10. The normalized spacial score (nSPS) is 40.0. The van der Waals surface area contributed by atoms with Crippen molar-refractivity contribution in [2.24, 2.45) is 0 Å². The Morgan fingerprint density at radius 1 is 1.73 bits per heavy atom. The predicted molar refractivity (Wildman–Crippen MR) is 40.2 cm³/mol. The lowest BCUT2D eigenvalue weighted by atomic mass is 10.2. The zero-order valence-electron chi connectivity index (χ0n) is 6.52. The second kappa shape index (κ2) is 3.68. The van der Waals surface area contributed by atoms with Crippen LogP contribution in [-0.4, -0.2) is 17.6 Å². The summed E-state index contributed by atoms with van der Waals surface area (Å²) in [5.74, 6) is 0. The van der Waals surface area contributed by atoms with Crippen molar-refractivity contribution in [2.75, 3.05) is 6.61 Å². The van der Waals surface area contributed by atoms with Gasteiger partial charge in [-0.1, -0.05) is 6.92 Å². The van der Waals surface area contributed by atoms with E-state index in [2.05, 4.69) is 4.52 Å². The van der Waals surface area contributed by atoms with Crippen molar-refractivity contribution in [1.82, 2.24) is 0 Å². The van der Waals surface area contributed by atoms with Gasteiger partial charge in [0.25, 0.3) is 0 Å². The lowest BCUT2D eigenvalue weighted by molar-refractivity contribution is 0.126. The molecule has 0 aliphatic carbocycles. The van der Waals surface area contributed by atoms with Crippen LogP contribution in [0.15, 0.2) is 0 Å². The molecular formula is C6H13O4P. The van der Waals surface area contributed by atoms with Crippen LogP contribution in [0, 0.1) is 0 Å². The summed E-state index contributed by atoms with van der Waals surface area (Å²) >= 11 is 0. The molecule has 1 heterocycles. The number of hydrogen-bond donors (Lipinski definition) is 1. The Morgan fingerprint density at radius 2 is 2.45 bits per heavy atom. The summed E-state index contributed by atoms with van der Waals surface area (Å²) in [6.07, 6.45) is 2.24. The standard InChI is InChI=1S/C6H13O4P/c1-2-6-4-3-5-9-11(7,8)10-6/h6H,2-5H2,1H3,(H,7,8). The van der Waals surface area contributed by atoms with Crippen LogP contribution in [0.25, 0.3) is 0 Å². The van der Waals surface area contributed by atoms with Crippen molar-refractivity contribution in [1.29, 1.82) is 0 Å². The molecule has 0 radical (unpaired) electrons. The van der Waals surface area contributed by atoms with Gasteiger partial charge < -0.3 is 4.89 Å². The molecule has 66 valence electrons. The molecule has 0 spiro atoms. The van der Waals surface area contributed by atoms with E-state index in [1.54, 1.807) is 0 Å². The van der Waals surface area contributed by atoms with Gasteiger partial charge in [0.1, 0.15) is 0 Å². The monoisotopic (exact) mass is 180 g/mol. The minimum Gasteiger partial charge on any atom is -0.302 e. The van der Waals surface area contributed by atoms with Crippen molar-refractivity contribution >= 4 is 7.82 Å².